The number of hydrogen-bond acceptors (Lipinski definition) is 1. The van der Waals surface area contributed by atoms with E-state index in [9.17, 15) is 0 Å². The Hall–Kier alpha value is -0.0400. The zero-order chi connectivity index (χ0) is 8.32. The predicted molar refractivity (Wildman–Crippen MR) is 49.7 cm³/mol. The fourth-order valence-corrected chi connectivity index (χ4v) is 2.09. The maximum atomic E-state index is 3.62. The first-order valence-corrected chi connectivity index (χ1v) is 4.94. The zero-order valence-electron chi connectivity index (χ0n) is 8.11. The van der Waals surface area contributed by atoms with Gasteiger partial charge in [-0.2, -0.15) is 0 Å². The molecule has 0 spiro atoms. The van der Waals surface area contributed by atoms with Gasteiger partial charge < -0.3 is 5.32 Å². The van der Waals surface area contributed by atoms with Crippen LogP contribution in [0.15, 0.2) is 0 Å². The molecule has 0 aliphatic carbocycles. The molecule has 2 atom stereocenters. The van der Waals surface area contributed by atoms with Crippen molar-refractivity contribution in [3.8, 4) is 0 Å². The lowest BCUT2D eigenvalue weighted by molar-refractivity contribution is 0.265. The summed E-state index contributed by atoms with van der Waals surface area (Å²) in [6.07, 6.45) is 5.42. The van der Waals surface area contributed by atoms with Crippen LogP contribution in [0.1, 0.15) is 46.5 Å². The topological polar surface area (TPSA) is 12.0 Å². The Morgan fingerprint density at radius 3 is 2.73 bits per heavy atom. The minimum Gasteiger partial charge on any atom is -0.311 e. The molecule has 1 fully saturated rings. The van der Waals surface area contributed by atoms with Gasteiger partial charge in [0.2, 0.25) is 0 Å². The van der Waals surface area contributed by atoms with Gasteiger partial charge >= 0.3 is 0 Å². The highest BCUT2D eigenvalue weighted by molar-refractivity contribution is 4.92. The Kier molecular flexibility index (Phi) is 2.94. The van der Waals surface area contributed by atoms with E-state index < -0.39 is 0 Å². The second kappa shape index (κ2) is 3.57. The zero-order valence-corrected chi connectivity index (χ0v) is 8.11. The molecule has 0 amide bonds. The van der Waals surface area contributed by atoms with Gasteiger partial charge in [-0.05, 0) is 38.6 Å². The molecule has 0 saturated carbocycles. The van der Waals surface area contributed by atoms with Crippen LogP contribution in [0.25, 0.3) is 0 Å². The summed E-state index contributed by atoms with van der Waals surface area (Å²) in [5, 5.41) is 3.62. The molecule has 1 saturated heterocycles. The Balaban J connectivity index is 2.42. The molecule has 1 nitrogen and oxygen atoms in total. The van der Waals surface area contributed by atoms with Crippen molar-refractivity contribution in [3.63, 3.8) is 0 Å². The van der Waals surface area contributed by atoms with E-state index in [1.54, 1.807) is 0 Å². The third-order valence-electron chi connectivity index (χ3n) is 3.21. The van der Waals surface area contributed by atoms with Crippen LogP contribution in [-0.4, -0.2) is 12.1 Å². The Morgan fingerprint density at radius 2 is 2.27 bits per heavy atom. The molecule has 11 heavy (non-hydrogen) atoms. The molecule has 1 heteroatoms. The van der Waals surface area contributed by atoms with E-state index in [0.717, 1.165) is 5.92 Å². The Labute approximate surface area is 70.6 Å². The summed E-state index contributed by atoms with van der Waals surface area (Å²) < 4.78 is 0. The summed E-state index contributed by atoms with van der Waals surface area (Å²) in [6, 6.07) is 0. The summed E-state index contributed by atoms with van der Waals surface area (Å²) in [5.41, 5.74) is 0.454. The van der Waals surface area contributed by atoms with E-state index in [4.69, 9.17) is 0 Å². The first-order valence-electron chi connectivity index (χ1n) is 4.94. The van der Waals surface area contributed by atoms with Gasteiger partial charge in [0.1, 0.15) is 0 Å². The van der Waals surface area contributed by atoms with E-state index in [1.807, 2.05) is 0 Å². The lowest BCUT2D eigenvalue weighted by Crippen LogP contribution is -2.42. The van der Waals surface area contributed by atoms with Crippen molar-refractivity contribution in [2.24, 2.45) is 5.92 Å². The lowest BCUT2D eigenvalue weighted by atomic mass is 9.83. The van der Waals surface area contributed by atoms with E-state index >= 15 is 0 Å². The first-order chi connectivity index (χ1) is 5.19. The average molecular weight is 155 g/mol. The smallest absolute Gasteiger partial charge is 0.0179 e. The molecule has 1 N–H and O–H groups in total. The van der Waals surface area contributed by atoms with Gasteiger partial charge in [0, 0.05) is 5.54 Å². The van der Waals surface area contributed by atoms with Crippen molar-refractivity contribution < 1.29 is 0 Å². The van der Waals surface area contributed by atoms with Gasteiger partial charge in [-0.3, -0.25) is 0 Å². The van der Waals surface area contributed by atoms with E-state index in [0.29, 0.717) is 5.54 Å². The van der Waals surface area contributed by atoms with Crippen LogP contribution in [0.2, 0.25) is 0 Å². The van der Waals surface area contributed by atoms with Crippen LogP contribution in [0, 0.1) is 5.92 Å². The third kappa shape index (κ3) is 1.96. The van der Waals surface area contributed by atoms with Gasteiger partial charge in [-0.15, -0.1) is 0 Å². The molecule has 1 heterocycles. The maximum Gasteiger partial charge on any atom is 0.0179 e. The molecular formula is C10H21N. The summed E-state index contributed by atoms with van der Waals surface area (Å²) in [4.78, 5) is 0. The number of nitrogens with one attached hydrogen (secondary N) is 1. The second-order valence-corrected chi connectivity index (χ2v) is 4.14. The molecular weight excluding hydrogens is 134 g/mol. The minimum absolute atomic E-state index is 0.454. The van der Waals surface area contributed by atoms with E-state index in [1.165, 1.54) is 32.2 Å². The van der Waals surface area contributed by atoms with Crippen LogP contribution in [-0.2, 0) is 0 Å². The van der Waals surface area contributed by atoms with Crippen molar-refractivity contribution in [2.75, 3.05) is 6.54 Å². The average Bonchev–Trinajstić information content (AvgIpc) is 2.38. The highest BCUT2D eigenvalue weighted by Gasteiger charge is 2.32. The fraction of sp³-hybridized carbons (Fsp3) is 1.00. The summed E-state index contributed by atoms with van der Waals surface area (Å²) in [6.45, 7) is 8.25. The molecule has 1 aliphatic heterocycles. The van der Waals surface area contributed by atoms with Crippen LogP contribution in [0.5, 0.6) is 0 Å². The quantitative estimate of drug-likeness (QED) is 0.660. The summed E-state index contributed by atoms with van der Waals surface area (Å²) in [7, 11) is 0. The number of hydrogen-bond donors (Lipinski definition) is 1. The van der Waals surface area contributed by atoms with Crippen LogP contribution >= 0.6 is 0 Å². The van der Waals surface area contributed by atoms with E-state index in [-0.39, 0.29) is 0 Å². The van der Waals surface area contributed by atoms with Gasteiger partial charge in [0.05, 0.1) is 0 Å². The minimum atomic E-state index is 0.454. The Morgan fingerprint density at radius 1 is 1.55 bits per heavy atom. The third-order valence-corrected chi connectivity index (χ3v) is 3.21. The summed E-state index contributed by atoms with van der Waals surface area (Å²) in [5.74, 6) is 0.843. The molecule has 0 aromatic rings. The first kappa shape index (κ1) is 9.05. The van der Waals surface area contributed by atoms with Crippen molar-refractivity contribution in [3.05, 3.63) is 0 Å². The molecule has 0 radical (unpaired) electrons. The largest absolute Gasteiger partial charge is 0.311 e. The van der Waals surface area contributed by atoms with Crippen molar-refractivity contribution >= 4 is 0 Å². The fourth-order valence-electron chi connectivity index (χ4n) is 2.09. The Bertz CT molecular complexity index is 114. The van der Waals surface area contributed by atoms with Crippen molar-refractivity contribution in [1.29, 1.82) is 0 Å². The van der Waals surface area contributed by atoms with E-state index in [2.05, 4.69) is 26.1 Å². The molecule has 66 valence electrons. The second-order valence-electron chi connectivity index (χ2n) is 4.14. The van der Waals surface area contributed by atoms with Crippen molar-refractivity contribution in [2.45, 2.75) is 52.0 Å². The number of rotatable bonds is 3. The molecule has 0 aromatic heterocycles. The highest BCUT2D eigenvalue weighted by Crippen LogP contribution is 2.29. The molecule has 0 bridgehead atoms. The summed E-state index contributed by atoms with van der Waals surface area (Å²) >= 11 is 0. The normalized spacial score (nSPS) is 34.1. The lowest BCUT2D eigenvalue weighted by Gasteiger charge is -2.31. The van der Waals surface area contributed by atoms with Gasteiger partial charge in [-0.25, -0.2) is 0 Å². The van der Waals surface area contributed by atoms with Gasteiger partial charge in [0.25, 0.3) is 0 Å². The monoisotopic (exact) mass is 155 g/mol. The van der Waals surface area contributed by atoms with Gasteiger partial charge in [0.15, 0.2) is 0 Å². The molecule has 1 rings (SSSR count). The maximum absolute atomic E-state index is 3.62. The SMILES string of the molecule is CCCC(C)C1(C)CCCN1. The molecule has 2 unspecified atom stereocenters. The van der Waals surface area contributed by atoms with Crippen LogP contribution in [0.4, 0.5) is 0 Å². The van der Waals surface area contributed by atoms with Gasteiger partial charge in [-0.1, -0.05) is 20.3 Å². The van der Waals surface area contributed by atoms with Crippen LogP contribution < -0.4 is 5.32 Å². The molecule has 0 aromatic carbocycles. The van der Waals surface area contributed by atoms with Crippen molar-refractivity contribution in [1.82, 2.24) is 5.32 Å². The predicted octanol–water partition coefficient (Wildman–Crippen LogP) is 2.56. The molecule has 1 aliphatic rings. The standard InChI is InChI=1S/C10H21N/c1-4-6-9(2)10(3)7-5-8-11-10/h9,11H,4-8H2,1-3H3. The van der Waals surface area contributed by atoms with Crippen LogP contribution in [0.3, 0.4) is 0 Å². The highest BCUT2D eigenvalue weighted by atomic mass is 15.0.